The van der Waals surface area contributed by atoms with Crippen LogP contribution in [0.4, 0.5) is 13.2 Å². The predicted molar refractivity (Wildman–Crippen MR) is 93.4 cm³/mol. The second kappa shape index (κ2) is 8.06. The highest BCUT2D eigenvalue weighted by Crippen LogP contribution is 2.30. The van der Waals surface area contributed by atoms with E-state index in [2.05, 4.69) is 21.7 Å². The molecular formula is C19H28F3N3. The fraction of sp³-hybridized carbons (Fsp3) is 0.684. The first-order valence-electron chi connectivity index (χ1n) is 9.19. The summed E-state index contributed by atoms with van der Waals surface area (Å²) in [4.78, 5) is 7.22. The Labute approximate surface area is 148 Å². The monoisotopic (exact) mass is 355 g/mol. The van der Waals surface area contributed by atoms with Crippen LogP contribution in [0.5, 0.6) is 0 Å². The van der Waals surface area contributed by atoms with Crippen LogP contribution in [0, 0.1) is 5.92 Å². The number of likely N-dealkylation sites (tertiary alicyclic amines) is 1. The van der Waals surface area contributed by atoms with E-state index in [0.29, 0.717) is 12.5 Å². The number of hydrogen-bond acceptors (Lipinski definition) is 3. The van der Waals surface area contributed by atoms with Crippen molar-refractivity contribution in [2.45, 2.75) is 25.6 Å². The molecule has 0 saturated carbocycles. The molecule has 0 spiro atoms. The molecule has 2 aliphatic rings. The maximum absolute atomic E-state index is 12.9. The van der Waals surface area contributed by atoms with Gasteiger partial charge >= 0.3 is 6.18 Å². The van der Waals surface area contributed by atoms with Gasteiger partial charge in [-0.15, -0.1) is 0 Å². The summed E-state index contributed by atoms with van der Waals surface area (Å²) in [5.74, 6) is 0.628. The Morgan fingerprint density at radius 3 is 2.52 bits per heavy atom. The van der Waals surface area contributed by atoms with Gasteiger partial charge in [-0.1, -0.05) is 18.2 Å². The number of halogens is 3. The third-order valence-electron chi connectivity index (χ3n) is 5.38. The molecule has 2 saturated heterocycles. The number of piperazine rings is 1. The Morgan fingerprint density at radius 1 is 1.04 bits per heavy atom. The largest absolute Gasteiger partial charge is 0.416 e. The summed E-state index contributed by atoms with van der Waals surface area (Å²) in [7, 11) is 2.16. The molecule has 3 nitrogen and oxygen atoms in total. The van der Waals surface area contributed by atoms with Gasteiger partial charge in [-0.05, 0) is 44.0 Å². The SMILES string of the molecule is CN1CCN(CC2CCCN(Cc3cccc(C(F)(F)F)c3)C2)CC1. The van der Waals surface area contributed by atoms with Crippen molar-refractivity contribution in [3.8, 4) is 0 Å². The van der Waals surface area contributed by atoms with Crippen LogP contribution in [0.1, 0.15) is 24.0 Å². The number of hydrogen-bond donors (Lipinski definition) is 0. The Bertz CT molecular complexity index is 553. The van der Waals surface area contributed by atoms with Crippen molar-refractivity contribution in [2.75, 3.05) is 52.9 Å². The van der Waals surface area contributed by atoms with Gasteiger partial charge in [0.15, 0.2) is 0 Å². The van der Waals surface area contributed by atoms with E-state index in [1.807, 2.05) is 0 Å². The normalized spacial score (nSPS) is 24.6. The molecule has 2 fully saturated rings. The van der Waals surface area contributed by atoms with Gasteiger partial charge in [0.2, 0.25) is 0 Å². The van der Waals surface area contributed by atoms with Crippen molar-refractivity contribution in [1.82, 2.24) is 14.7 Å². The van der Waals surface area contributed by atoms with Crippen LogP contribution in [0.2, 0.25) is 0 Å². The number of nitrogens with zero attached hydrogens (tertiary/aromatic N) is 3. The zero-order valence-corrected chi connectivity index (χ0v) is 14.9. The van der Waals surface area contributed by atoms with Crippen LogP contribution in [-0.2, 0) is 12.7 Å². The van der Waals surface area contributed by atoms with Crippen LogP contribution < -0.4 is 0 Å². The number of rotatable bonds is 4. The fourth-order valence-corrected chi connectivity index (χ4v) is 3.94. The lowest BCUT2D eigenvalue weighted by atomic mass is 9.96. The lowest BCUT2D eigenvalue weighted by molar-refractivity contribution is -0.137. The molecule has 1 aromatic rings. The Kier molecular flexibility index (Phi) is 6.02. The van der Waals surface area contributed by atoms with Crippen molar-refractivity contribution in [2.24, 2.45) is 5.92 Å². The van der Waals surface area contributed by atoms with Crippen molar-refractivity contribution >= 4 is 0 Å². The molecular weight excluding hydrogens is 327 g/mol. The zero-order chi connectivity index (χ0) is 17.9. The Balaban J connectivity index is 1.53. The Hall–Kier alpha value is -1.11. The van der Waals surface area contributed by atoms with Gasteiger partial charge in [0.25, 0.3) is 0 Å². The highest BCUT2D eigenvalue weighted by atomic mass is 19.4. The van der Waals surface area contributed by atoms with Gasteiger partial charge in [0, 0.05) is 45.8 Å². The first kappa shape index (κ1) is 18.7. The average Bonchev–Trinajstić information content (AvgIpc) is 2.57. The maximum atomic E-state index is 12.9. The van der Waals surface area contributed by atoms with Crippen LogP contribution in [0.3, 0.4) is 0 Å². The maximum Gasteiger partial charge on any atom is 0.416 e. The second-order valence-electron chi connectivity index (χ2n) is 7.55. The van der Waals surface area contributed by atoms with E-state index in [-0.39, 0.29) is 0 Å². The molecule has 0 amide bonds. The number of likely N-dealkylation sites (N-methyl/N-ethyl adjacent to an activating group) is 1. The van der Waals surface area contributed by atoms with Crippen molar-refractivity contribution in [3.05, 3.63) is 35.4 Å². The number of benzene rings is 1. The van der Waals surface area contributed by atoms with Gasteiger partial charge in [-0.25, -0.2) is 0 Å². The molecule has 25 heavy (non-hydrogen) atoms. The summed E-state index contributed by atoms with van der Waals surface area (Å²) in [6, 6.07) is 5.77. The van der Waals surface area contributed by atoms with Crippen molar-refractivity contribution in [1.29, 1.82) is 0 Å². The molecule has 1 atom stereocenters. The molecule has 140 valence electrons. The van der Waals surface area contributed by atoms with E-state index in [4.69, 9.17) is 0 Å². The van der Waals surface area contributed by atoms with Crippen molar-refractivity contribution in [3.63, 3.8) is 0 Å². The minimum absolute atomic E-state index is 0.545. The van der Waals surface area contributed by atoms with Crippen LogP contribution in [0.25, 0.3) is 0 Å². The molecule has 0 aromatic heterocycles. The number of alkyl halides is 3. The first-order chi connectivity index (χ1) is 11.9. The van der Waals surface area contributed by atoms with Gasteiger partial charge in [-0.3, -0.25) is 4.90 Å². The van der Waals surface area contributed by atoms with E-state index in [0.717, 1.165) is 63.9 Å². The third kappa shape index (κ3) is 5.43. The highest BCUT2D eigenvalue weighted by Gasteiger charge is 2.30. The summed E-state index contributed by atoms with van der Waals surface area (Å²) >= 11 is 0. The van der Waals surface area contributed by atoms with Crippen LogP contribution >= 0.6 is 0 Å². The first-order valence-corrected chi connectivity index (χ1v) is 9.19. The molecule has 0 N–H and O–H groups in total. The van der Waals surface area contributed by atoms with E-state index in [9.17, 15) is 13.2 Å². The van der Waals surface area contributed by atoms with Gasteiger partial charge in [0.1, 0.15) is 0 Å². The van der Waals surface area contributed by atoms with Crippen molar-refractivity contribution < 1.29 is 13.2 Å². The van der Waals surface area contributed by atoms with Gasteiger partial charge < -0.3 is 9.80 Å². The van der Waals surface area contributed by atoms with E-state index in [1.165, 1.54) is 18.6 Å². The molecule has 1 aromatic carbocycles. The molecule has 3 rings (SSSR count). The summed E-state index contributed by atoms with van der Waals surface area (Å²) in [5.41, 5.74) is 0.214. The highest BCUT2D eigenvalue weighted by molar-refractivity contribution is 5.25. The summed E-state index contributed by atoms with van der Waals surface area (Å²) in [5, 5.41) is 0. The van der Waals surface area contributed by atoms with Crippen LogP contribution in [0.15, 0.2) is 24.3 Å². The standard InChI is InChI=1S/C19H28F3N3/c1-23-8-10-24(11-9-23)14-17-5-3-7-25(15-17)13-16-4-2-6-18(12-16)19(20,21)22/h2,4,6,12,17H,3,5,7-11,13-15H2,1H3. The molecule has 2 aliphatic heterocycles. The minimum atomic E-state index is -4.26. The topological polar surface area (TPSA) is 9.72 Å². The predicted octanol–water partition coefficient (Wildman–Crippen LogP) is 3.16. The van der Waals surface area contributed by atoms with Gasteiger partial charge in [0.05, 0.1) is 5.56 Å². The van der Waals surface area contributed by atoms with E-state index >= 15 is 0 Å². The minimum Gasteiger partial charge on any atom is -0.304 e. The second-order valence-corrected chi connectivity index (χ2v) is 7.55. The molecule has 6 heteroatoms. The molecule has 0 radical (unpaired) electrons. The lowest BCUT2D eigenvalue weighted by Crippen LogP contribution is -2.48. The molecule has 1 unspecified atom stereocenters. The van der Waals surface area contributed by atoms with Crippen LogP contribution in [-0.4, -0.2) is 67.6 Å². The molecule has 0 bridgehead atoms. The summed E-state index contributed by atoms with van der Waals surface area (Å²) in [6.45, 7) is 8.21. The molecule has 2 heterocycles. The molecule has 0 aliphatic carbocycles. The average molecular weight is 355 g/mol. The smallest absolute Gasteiger partial charge is 0.304 e. The summed E-state index contributed by atoms with van der Waals surface area (Å²) in [6.07, 6.45) is -1.90. The Morgan fingerprint density at radius 2 is 1.80 bits per heavy atom. The lowest BCUT2D eigenvalue weighted by Gasteiger charge is -2.38. The van der Waals surface area contributed by atoms with E-state index in [1.54, 1.807) is 6.07 Å². The van der Waals surface area contributed by atoms with E-state index < -0.39 is 11.7 Å². The fourth-order valence-electron chi connectivity index (χ4n) is 3.94. The number of piperidine rings is 1. The summed E-state index contributed by atoms with van der Waals surface area (Å²) < 4.78 is 38.6. The van der Waals surface area contributed by atoms with Gasteiger partial charge in [-0.2, -0.15) is 13.2 Å². The zero-order valence-electron chi connectivity index (χ0n) is 14.9. The third-order valence-corrected chi connectivity index (χ3v) is 5.38. The quantitative estimate of drug-likeness (QED) is 0.821.